The molecule has 0 bridgehead atoms. The van der Waals surface area contributed by atoms with Gasteiger partial charge in [0.15, 0.2) is 0 Å². The highest BCUT2D eigenvalue weighted by Gasteiger charge is 2.33. The summed E-state index contributed by atoms with van der Waals surface area (Å²) in [6, 6.07) is 10.5. The summed E-state index contributed by atoms with van der Waals surface area (Å²) in [4.78, 5) is 0.875. The molecule has 2 aromatic rings. The van der Waals surface area contributed by atoms with Gasteiger partial charge in [-0.25, -0.2) is 8.78 Å². The molecule has 0 aliphatic rings. The van der Waals surface area contributed by atoms with Crippen molar-refractivity contribution in [2.45, 2.75) is 24.0 Å². The monoisotopic (exact) mass is 342 g/mol. The molecular formula is C17H17ClF2OS. The summed E-state index contributed by atoms with van der Waals surface area (Å²) < 4.78 is 27.7. The van der Waals surface area contributed by atoms with E-state index in [1.165, 1.54) is 17.8 Å². The van der Waals surface area contributed by atoms with Crippen molar-refractivity contribution in [2.75, 3.05) is 6.61 Å². The first-order valence-electron chi connectivity index (χ1n) is 6.81. The standard InChI is InChI=1S/C17H17ClF2OS/c1-17(2,10-21)16(14-9-12(19)5-8-15(14)20)22-13-6-3-11(18)4-7-13/h3-9,16,21H,10H2,1-2H3. The minimum absolute atomic E-state index is 0.145. The maximum atomic E-state index is 14.2. The van der Waals surface area contributed by atoms with E-state index in [0.29, 0.717) is 5.02 Å². The molecule has 0 amide bonds. The molecule has 0 aromatic heterocycles. The molecule has 2 rings (SSSR count). The van der Waals surface area contributed by atoms with Gasteiger partial charge in [0.25, 0.3) is 0 Å². The van der Waals surface area contributed by atoms with Crippen molar-refractivity contribution in [2.24, 2.45) is 5.41 Å². The fourth-order valence-electron chi connectivity index (χ4n) is 2.09. The Kier molecular flexibility index (Phi) is 5.48. The van der Waals surface area contributed by atoms with Gasteiger partial charge < -0.3 is 5.11 Å². The number of aliphatic hydroxyl groups excluding tert-OH is 1. The molecule has 0 fully saturated rings. The fraction of sp³-hybridized carbons (Fsp3) is 0.294. The fourth-order valence-corrected chi connectivity index (χ4v) is 3.48. The number of halogens is 3. The molecule has 0 radical (unpaired) electrons. The van der Waals surface area contributed by atoms with Crippen molar-refractivity contribution in [3.05, 3.63) is 64.7 Å². The Balaban J connectivity index is 2.43. The smallest absolute Gasteiger partial charge is 0.127 e. The van der Waals surface area contributed by atoms with Crippen molar-refractivity contribution < 1.29 is 13.9 Å². The van der Waals surface area contributed by atoms with Crippen LogP contribution >= 0.6 is 23.4 Å². The molecule has 2 aromatic carbocycles. The van der Waals surface area contributed by atoms with E-state index in [-0.39, 0.29) is 12.2 Å². The van der Waals surface area contributed by atoms with Crippen LogP contribution in [0.3, 0.4) is 0 Å². The Morgan fingerprint density at radius 1 is 1.14 bits per heavy atom. The maximum absolute atomic E-state index is 14.2. The maximum Gasteiger partial charge on any atom is 0.127 e. The lowest BCUT2D eigenvalue weighted by atomic mass is 9.85. The van der Waals surface area contributed by atoms with Crippen LogP contribution in [0.2, 0.25) is 5.02 Å². The Bertz CT molecular complexity index is 644. The average molecular weight is 343 g/mol. The van der Waals surface area contributed by atoms with Crippen molar-refractivity contribution in [1.29, 1.82) is 0 Å². The summed E-state index contributed by atoms with van der Waals surface area (Å²) >= 11 is 7.25. The van der Waals surface area contributed by atoms with Gasteiger partial charge in [-0.15, -0.1) is 11.8 Å². The van der Waals surface area contributed by atoms with E-state index in [9.17, 15) is 13.9 Å². The molecule has 1 nitrogen and oxygen atoms in total. The second-order valence-corrected chi connectivity index (χ2v) is 7.38. The van der Waals surface area contributed by atoms with Crippen LogP contribution in [0.25, 0.3) is 0 Å². The predicted molar refractivity (Wildman–Crippen MR) is 87.3 cm³/mol. The summed E-state index contributed by atoms with van der Waals surface area (Å²) in [6.07, 6.45) is 0. The Hall–Kier alpha value is -1.10. The minimum Gasteiger partial charge on any atom is -0.396 e. The van der Waals surface area contributed by atoms with Crippen LogP contribution in [-0.2, 0) is 0 Å². The van der Waals surface area contributed by atoms with Crippen molar-refractivity contribution in [1.82, 2.24) is 0 Å². The molecule has 118 valence electrons. The first-order valence-corrected chi connectivity index (χ1v) is 8.07. The summed E-state index contributed by atoms with van der Waals surface area (Å²) in [5, 5.41) is 9.83. The molecule has 1 atom stereocenters. The third kappa shape index (κ3) is 4.00. The quantitative estimate of drug-likeness (QED) is 0.727. The van der Waals surface area contributed by atoms with Gasteiger partial charge in [0.2, 0.25) is 0 Å². The summed E-state index contributed by atoms with van der Waals surface area (Å²) in [5.74, 6) is -0.971. The topological polar surface area (TPSA) is 20.2 Å². The van der Waals surface area contributed by atoms with Crippen LogP contribution in [-0.4, -0.2) is 11.7 Å². The zero-order chi connectivity index (χ0) is 16.3. The zero-order valence-electron chi connectivity index (χ0n) is 12.3. The van der Waals surface area contributed by atoms with E-state index in [0.717, 1.165) is 17.0 Å². The molecule has 0 heterocycles. The molecular weight excluding hydrogens is 326 g/mol. The number of aliphatic hydroxyl groups is 1. The van der Waals surface area contributed by atoms with Crippen LogP contribution in [0, 0.1) is 17.0 Å². The normalized spacial score (nSPS) is 13.2. The number of benzene rings is 2. The van der Waals surface area contributed by atoms with Crippen LogP contribution in [0.5, 0.6) is 0 Å². The lowest BCUT2D eigenvalue weighted by Crippen LogP contribution is -2.25. The molecule has 1 unspecified atom stereocenters. The van der Waals surface area contributed by atoms with Crippen LogP contribution in [0.1, 0.15) is 24.7 Å². The highest BCUT2D eigenvalue weighted by molar-refractivity contribution is 7.99. The van der Waals surface area contributed by atoms with Gasteiger partial charge in [0.05, 0.1) is 0 Å². The highest BCUT2D eigenvalue weighted by atomic mass is 35.5. The van der Waals surface area contributed by atoms with E-state index in [4.69, 9.17) is 11.6 Å². The van der Waals surface area contributed by atoms with E-state index in [1.807, 2.05) is 26.0 Å². The Labute approximate surface area is 138 Å². The van der Waals surface area contributed by atoms with E-state index >= 15 is 0 Å². The Morgan fingerprint density at radius 3 is 2.36 bits per heavy atom. The molecule has 0 aliphatic carbocycles. The molecule has 0 aliphatic heterocycles. The average Bonchev–Trinajstić information content (AvgIpc) is 2.49. The van der Waals surface area contributed by atoms with Crippen molar-refractivity contribution in [3.8, 4) is 0 Å². The Morgan fingerprint density at radius 2 is 1.77 bits per heavy atom. The first kappa shape index (κ1) is 17.3. The third-order valence-electron chi connectivity index (χ3n) is 3.43. The molecule has 5 heteroatoms. The largest absolute Gasteiger partial charge is 0.396 e. The predicted octanol–water partition coefficient (Wildman–Crippen LogP) is 5.47. The number of hydrogen-bond donors (Lipinski definition) is 1. The van der Waals surface area contributed by atoms with Gasteiger partial charge in [-0.3, -0.25) is 0 Å². The van der Waals surface area contributed by atoms with Gasteiger partial charge in [0, 0.05) is 32.8 Å². The molecule has 0 saturated carbocycles. The highest BCUT2D eigenvalue weighted by Crippen LogP contribution is 2.48. The number of rotatable bonds is 5. The van der Waals surface area contributed by atoms with Gasteiger partial charge in [-0.05, 0) is 42.5 Å². The number of hydrogen-bond acceptors (Lipinski definition) is 2. The van der Waals surface area contributed by atoms with Gasteiger partial charge in [-0.1, -0.05) is 25.4 Å². The SMILES string of the molecule is CC(C)(CO)C(Sc1ccc(Cl)cc1)c1cc(F)ccc1F. The summed E-state index contributed by atoms with van der Waals surface area (Å²) in [6.45, 7) is 3.50. The molecule has 1 N–H and O–H groups in total. The van der Waals surface area contributed by atoms with Crippen molar-refractivity contribution in [3.63, 3.8) is 0 Å². The molecule has 0 saturated heterocycles. The number of thioether (sulfide) groups is 1. The third-order valence-corrected chi connectivity index (χ3v) is 5.35. The van der Waals surface area contributed by atoms with E-state index in [2.05, 4.69) is 0 Å². The van der Waals surface area contributed by atoms with Crippen LogP contribution in [0.4, 0.5) is 8.78 Å². The minimum atomic E-state index is -0.626. The zero-order valence-corrected chi connectivity index (χ0v) is 13.9. The summed E-state index contributed by atoms with van der Waals surface area (Å²) in [5.41, 5.74) is -0.377. The second-order valence-electron chi connectivity index (χ2n) is 5.76. The molecule has 0 spiro atoms. The van der Waals surface area contributed by atoms with Crippen molar-refractivity contribution >= 4 is 23.4 Å². The van der Waals surface area contributed by atoms with E-state index in [1.54, 1.807) is 12.1 Å². The van der Waals surface area contributed by atoms with Gasteiger partial charge >= 0.3 is 0 Å². The first-order chi connectivity index (χ1) is 10.3. The van der Waals surface area contributed by atoms with Gasteiger partial charge in [0.1, 0.15) is 11.6 Å². The van der Waals surface area contributed by atoms with Gasteiger partial charge in [-0.2, -0.15) is 0 Å². The lowest BCUT2D eigenvalue weighted by molar-refractivity contribution is 0.155. The molecule has 22 heavy (non-hydrogen) atoms. The van der Waals surface area contributed by atoms with Crippen LogP contribution < -0.4 is 0 Å². The summed E-state index contributed by atoms with van der Waals surface area (Å²) in [7, 11) is 0. The van der Waals surface area contributed by atoms with E-state index < -0.39 is 22.3 Å². The van der Waals surface area contributed by atoms with Crippen LogP contribution in [0.15, 0.2) is 47.4 Å². The lowest BCUT2D eigenvalue weighted by Gasteiger charge is -2.33. The second kappa shape index (κ2) is 6.99.